The Morgan fingerprint density at radius 3 is 2.32 bits per heavy atom. The fraction of sp³-hybridized carbons (Fsp3) is 0.130. The van der Waals surface area contributed by atoms with Crippen molar-refractivity contribution >= 4 is 40.2 Å². The third-order valence-corrected chi connectivity index (χ3v) is 5.74. The van der Waals surface area contributed by atoms with Crippen molar-refractivity contribution in [2.75, 3.05) is 25.3 Å². The molecule has 2 aromatic heterocycles. The van der Waals surface area contributed by atoms with Crippen LogP contribution in [-0.2, 0) is 0 Å². The normalized spacial score (nSPS) is 10.8. The second-order valence-electron chi connectivity index (χ2n) is 6.97. The molecule has 8 heteroatoms. The lowest BCUT2D eigenvalue weighted by Crippen LogP contribution is -2.28. The third kappa shape index (κ3) is 3.65. The van der Waals surface area contributed by atoms with Gasteiger partial charge in [0.05, 0.1) is 16.8 Å². The highest BCUT2D eigenvalue weighted by molar-refractivity contribution is 7.98. The molecule has 0 N–H and O–H groups in total. The summed E-state index contributed by atoms with van der Waals surface area (Å²) in [4.78, 5) is 25.1. The van der Waals surface area contributed by atoms with Crippen molar-refractivity contribution in [3.05, 3.63) is 75.5 Å². The van der Waals surface area contributed by atoms with Gasteiger partial charge in [0.2, 0.25) is 5.95 Å². The first-order valence-corrected chi connectivity index (χ1v) is 11.0. The quantitative estimate of drug-likeness (QED) is 0.420. The number of pyridine rings is 1. The van der Waals surface area contributed by atoms with E-state index in [2.05, 4.69) is 6.07 Å². The van der Waals surface area contributed by atoms with Gasteiger partial charge in [-0.1, -0.05) is 41.9 Å². The maximum Gasteiger partial charge on any atom is 0.269 e. The van der Waals surface area contributed by atoms with Crippen molar-refractivity contribution in [3.8, 4) is 23.0 Å². The third-order valence-electron chi connectivity index (χ3n) is 4.80. The molecule has 2 heterocycles. The van der Waals surface area contributed by atoms with E-state index in [1.165, 1.54) is 16.3 Å². The van der Waals surface area contributed by atoms with Gasteiger partial charge in [-0.15, -0.1) is 11.8 Å². The molecule has 0 aliphatic rings. The van der Waals surface area contributed by atoms with Gasteiger partial charge < -0.3 is 4.90 Å². The molecule has 0 radical (unpaired) electrons. The Balaban J connectivity index is 2.22. The number of anilines is 1. The van der Waals surface area contributed by atoms with Gasteiger partial charge in [0.15, 0.2) is 0 Å². The van der Waals surface area contributed by atoms with Crippen LogP contribution in [-0.4, -0.2) is 34.9 Å². The smallest absolute Gasteiger partial charge is 0.269 e. The molecule has 0 unspecified atom stereocenters. The Kier molecular flexibility index (Phi) is 5.68. The highest BCUT2D eigenvalue weighted by Gasteiger charge is 2.23. The second-order valence-corrected chi connectivity index (χ2v) is 8.20. The SMILES string of the molecule is CSc1nc(-c2ccccc2)c2c(=O)n(-c3ccc(Cl)cc3)c(N(C)C)nc2c1C#N. The lowest BCUT2D eigenvalue weighted by atomic mass is 10.1. The topological polar surface area (TPSA) is 74.8 Å². The van der Waals surface area contributed by atoms with E-state index < -0.39 is 0 Å². The number of benzene rings is 2. The Morgan fingerprint density at radius 2 is 1.74 bits per heavy atom. The molecular formula is C23H18ClN5OS. The minimum Gasteiger partial charge on any atom is -0.348 e. The van der Waals surface area contributed by atoms with E-state index in [0.29, 0.717) is 43.8 Å². The molecule has 0 saturated heterocycles. The minimum absolute atomic E-state index is 0.297. The summed E-state index contributed by atoms with van der Waals surface area (Å²) in [6.07, 6.45) is 1.85. The fourth-order valence-corrected chi connectivity index (χ4v) is 4.05. The summed E-state index contributed by atoms with van der Waals surface area (Å²) in [6.45, 7) is 0. The molecule has 0 fully saturated rings. The molecule has 154 valence electrons. The summed E-state index contributed by atoms with van der Waals surface area (Å²) >= 11 is 7.41. The zero-order valence-electron chi connectivity index (χ0n) is 17.1. The molecule has 31 heavy (non-hydrogen) atoms. The number of nitrogens with zero attached hydrogens (tertiary/aromatic N) is 5. The summed E-state index contributed by atoms with van der Waals surface area (Å²) in [6, 6.07) is 18.6. The molecule has 0 aliphatic heterocycles. The van der Waals surface area contributed by atoms with Crippen LogP contribution in [0.4, 0.5) is 5.95 Å². The molecular weight excluding hydrogens is 430 g/mol. The number of halogens is 1. The second kappa shape index (κ2) is 8.42. The number of hydrogen-bond acceptors (Lipinski definition) is 6. The molecule has 0 aliphatic carbocycles. The predicted octanol–water partition coefficient (Wildman–Crippen LogP) is 4.76. The van der Waals surface area contributed by atoms with Crippen molar-refractivity contribution in [2.45, 2.75) is 5.03 Å². The summed E-state index contributed by atoms with van der Waals surface area (Å²) in [7, 11) is 3.61. The highest BCUT2D eigenvalue weighted by Crippen LogP contribution is 2.32. The van der Waals surface area contributed by atoms with E-state index >= 15 is 0 Å². The van der Waals surface area contributed by atoms with Crippen LogP contribution < -0.4 is 10.5 Å². The predicted molar refractivity (Wildman–Crippen MR) is 126 cm³/mol. The Bertz CT molecular complexity index is 1380. The maximum atomic E-state index is 13.9. The molecule has 0 bridgehead atoms. The fourth-order valence-electron chi connectivity index (χ4n) is 3.40. The summed E-state index contributed by atoms with van der Waals surface area (Å²) in [5.74, 6) is 0.411. The van der Waals surface area contributed by atoms with E-state index in [-0.39, 0.29) is 5.56 Å². The van der Waals surface area contributed by atoms with Gasteiger partial charge in [0.1, 0.15) is 22.2 Å². The van der Waals surface area contributed by atoms with E-state index in [0.717, 1.165) is 5.56 Å². The van der Waals surface area contributed by atoms with E-state index in [1.54, 1.807) is 43.3 Å². The molecule has 0 spiro atoms. The van der Waals surface area contributed by atoms with E-state index in [4.69, 9.17) is 21.6 Å². The Labute approximate surface area is 188 Å². The van der Waals surface area contributed by atoms with Gasteiger partial charge >= 0.3 is 0 Å². The van der Waals surface area contributed by atoms with Crippen LogP contribution >= 0.6 is 23.4 Å². The molecule has 4 aromatic rings. The maximum absolute atomic E-state index is 13.9. The van der Waals surface area contributed by atoms with Gasteiger partial charge in [0, 0.05) is 24.7 Å². The number of thioether (sulfide) groups is 1. The highest BCUT2D eigenvalue weighted by atomic mass is 35.5. The zero-order valence-corrected chi connectivity index (χ0v) is 18.7. The number of hydrogen-bond donors (Lipinski definition) is 0. The van der Waals surface area contributed by atoms with E-state index in [1.807, 2.05) is 36.6 Å². The van der Waals surface area contributed by atoms with Gasteiger partial charge in [-0.3, -0.25) is 4.79 Å². The first-order valence-electron chi connectivity index (χ1n) is 9.39. The Morgan fingerprint density at radius 1 is 1.06 bits per heavy atom. The van der Waals surface area contributed by atoms with Crippen LogP contribution in [0.25, 0.3) is 27.8 Å². The van der Waals surface area contributed by atoms with Gasteiger partial charge in [-0.2, -0.15) is 5.26 Å². The first kappa shape index (κ1) is 20.9. The standard InChI is InChI=1S/C23H18ClN5OS/c1-28(2)23-27-20-17(13-25)21(31-3)26-19(14-7-5-4-6-8-14)18(20)22(30)29(23)16-11-9-15(24)10-12-16/h4-12H,1-3H3. The molecule has 0 saturated carbocycles. The minimum atomic E-state index is -0.300. The van der Waals surface area contributed by atoms with Crippen LogP contribution in [0.3, 0.4) is 0 Å². The Hall–Kier alpha value is -3.34. The molecule has 0 amide bonds. The van der Waals surface area contributed by atoms with Gasteiger partial charge in [-0.25, -0.2) is 14.5 Å². The van der Waals surface area contributed by atoms with Crippen molar-refractivity contribution < 1.29 is 0 Å². The van der Waals surface area contributed by atoms with Crippen molar-refractivity contribution in [2.24, 2.45) is 0 Å². The number of nitriles is 1. The van der Waals surface area contributed by atoms with Crippen molar-refractivity contribution in [3.63, 3.8) is 0 Å². The average molecular weight is 448 g/mol. The van der Waals surface area contributed by atoms with Crippen LogP contribution in [0.15, 0.2) is 64.4 Å². The van der Waals surface area contributed by atoms with Crippen LogP contribution in [0.2, 0.25) is 5.02 Å². The lowest BCUT2D eigenvalue weighted by Gasteiger charge is -2.20. The molecule has 0 atom stereocenters. The monoisotopic (exact) mass is 447 g/mol. The van der Waals surface area contributed by atoms with Crippen molar-refractivity contribution in [1.29, 1.82) is 5.26 Å². The average Bonchev–Trinajstić information content (AvgIpc) is 2.79. The van der Waals surface area contributed by atoms with Crippen LogP contribution in [0, 0.1) is 11.3 Å². The largest absolute Gasteiger partial charge is 0.348 e. The van der Waals surface area contributed by atoms with Crippen molar-refractivity contribution in [1.82, 2.24) is 14.5 Å². The van der Waals surface area contributed by atoms with Crippen LogP contribution in [0.1, 0.15) is 5.56 Å². The number of fused-ring (bicyclic) bond motifs is 1. The number of rotatable bonds is 4. The number of aromatic nitrogens is 3. The van der Waals surface area contributed by atoms with Gasteiger partial charge in [0.25, 0.3) is 5.56 Å². The first-order chi connectivity index (χ1) is 15.0. The molecule has 2 aromatic carbocycles. The summed E-state index contributed by atoms with van der Waals surface area (Å²) < 4.78 is 1.52. The van der Waals surface area contributed by atoms with Crippen LogP contribution in [0.5, 0.6) is 0 Å². The summed E-state index contributed by atoms with van der Waals surface area (Å²) in [5.41, 5.74) is 2.26. The summed E-state index contributed by atoms with van der Waals surface area (Å²) in [5, 5.41) is 11.3. The molecule has 4 rings (SSSR count). The lowest BCUT2D eigenvalue weighted by molar-refractivity contribution is 0.893. The van der Waals surface area contributed by atoms with E-state index in [9.17, 15) is 10.1 Å². The molecule has 6 nitrogen and oxygen atoms in total. The van der Waals surface area contributed by atoms with Gasteiger partial charge in [-0.05, 0) is 30.5 Å². The zero-order chi connectivity index (χ0) is 22.1.